The van der Waals surface area contributed by atoms with Gasteiger partial charge < -0.3 is 21.1 Å². The Morgan fingerprint density at radius 2 is 2.00 bits per heavy atom. The van der Waals surface area contributed by atoms with E-state index in [0.29, 0.717) is 5.56 Å². The van der Waals surface area contributed by atoms with Crippen molar-refractivity contribution in [2.45, 2.75) is 25.3 Å². The first-order valence-electron chi connectivity index (χ1n) is 4.92. The van der Waals surface area contributed by atoms with Crippen molar-refractivity contribution in [1.29, 1.82) is 0 Å². The molecule has 0 saturated carbocycles. The van der Waals surface area contributed by atoms with E-state index in [4.69, 9.17) is 15.9 Å². The van der Waals surface area contributed by atoms with Gasteiger partial charge in [0.1, 0.15) is 5.54 Å². The Bertz CT molecular complexity index is 405. The molecule has 0 saturated heterocycles. The van der Waals surface area contributed by atoms with Gasteiger partial charge in [0.05, 0.1) is 0 Å². The van der Waals surface area contributed by atoms with Crippen LogP contribution in [-0.4, -0.2) is 26.8 Å². The van der Waals surface area contributed by atoms with E-state index in [2.05, 4.69) is 0 Å². The van der Waals surface area contributed by atoms with Crippen LogP contribution in [0.3, 0.4) is 0 Å². The van der Waals surface area contributed by atoms with Crippen LogP contribution in [0.15, 0.2) is 18.2 Å². The topological polar surface area (TPSA) is 104 Å². The number of carbonyl (C=O) groups is 1. The summed E-state index contributed by atoms with van der Waals surface area (Å²) in [5.41, 5.74) is 4.94. The van der Waals surface area contributed by atoms with Gasteiger partial charge in [0.2, 0.25) is 0 Å². The SMILES string of the molecule is CC[C@](N)(Cc1ccc(O)c(O)c1)C(=O)O. The highest BCUT2D eigenvalue weighted by atomic mass is 16.4. The second kappa shape index (κ2) is 4.40. The molecular weight excluding hydrogens is 210 g/mol. The van der Waals surface area contributed by atoms with Gasteiger partial charge in [0.25, 0.3) is 0 Å². The molecule has 0 aliphatic carbocycles. The van der Waals surface area contributed by atoms with Gasteiger partial charge in [-0.15, -0.1) is 0 Å². The van der Waals surface area contributed by atoms with Crippen LogP contribution in [0, 0.1) is 0 Å². The molecule has 5 heteroatoms. The number of rotatable bonds is 4. The molecule has 0 bridgehead atoms. The Hall–Kier alpha value is -1.75. The van der Waals surface area contributed by atoms with Gasteiger partial charge >= 0.3 is 5.97 Å². The molecule has 0 spiro atoms. The molecule has 5 nitrogen and oxygen atoms in total. The van der Waals surface area contributed by atoms with E-state index in [1.807, 2.05) is 0 Å². The summed E-state index contributed by atoms with van der Waals surface area (Å²) in [5, 5.41) is 27.4. The van der Waals surface area contributed by atoms with Crippen molar-refractivity contribution in [2.75, 3.05) is 0 Å². The van der Waals surface area contributed by atoms with Crippen LogP contribution < -0.4 is 5.73 Å². The van der Waals surface area contributed by atoms with E-state index in [0.717, 1.165) is 0 Å². The smallest absolute Gasteiger partial charge is 0.324 e. The fourth-order valence-electron chi connectivity index (χ4n) is 1.40. The Morgan fingerprint density at radius 3 is 2.44 bits per heavy atom. The zero-order valence-electron chi connectivity index (χ0n) is 8.97. The Morgan fingerprint density at radius 1 is 1.38 bits per heavy atom. The number of carboxylic acid groups (broad SMARTS) is 1. The number of aromatic hydroxyl groups is 2. The van der Waals surface area contributed by atoms with E-state index in [1.54, 1.807) is 6.92 Å². The van der Waals surface area contributed by atoms with Gasteiger partial charge in [-0.25, -0.2) is 0 Å². The van der Waals surface area contributed by atoms with Crippen molar-refractivity contribution in [3.63, 3.8) is 0 Å². The fraction of sp³-hybridized carbons (Fsp3) is 0.364. The van der Waals surface area contributed by atoms with Crippen LogP contribution in [0.2, 0.25) is 0 Å². The maximum absolute atomic E-state index is 11.0. The number of hydrogen-bond acceptors (Lipinski definition) is 4. The molecule has 1 aromatic rings. The molecule has 0 amide bonds. The predicted molar refractivity (Wildman–Crippen MR) is 58.3 cm³/mol. The van der Waals surface area contributed by atoms with E-state index >= 15 is 0 Å². The summed E-state index contributed by atoms with van der Waals surface area (Å²) < 4.78 is 0. The summed E-state index contributed by atoms with van der Waals surface area (Å²) >= 11 is 0. The van der Waals surface area contributed by atoms with Crippen LogP contribution >= 0.6 is 0 Å². The molecule has 1 rings (SSSR count). The van der Waals surface area contributed by atoms with Gasteiger partial charge in [-0.05, 0) is 24.1 Å². The number of phenols is 2. The van der Waals surface area contributed by atoms with Gasteiger partial charge in [-0.2, -0.15) is 0 Å². The highest BCUT2D eigenvalue weighted by molar-refractivity contribution is 5.78. The van der Waals surface area contributed by atoms with Crippen molar-refractivity contribution in [3.05, 3.63) is 23.8 Å². The molecule has 16 heavy (non-hydrogen) atoms. The van der Waals surface area contributed by atoms with Gasteiger partial charge in [-0.3, -0.25) is 4.79 Å². The zero-order valence-corrected chi connectivity index (χ0v) is 8.97. The summed E-state index contributed by atoms with van der Waals surface area (Å²) in [5.74, 6) is -1.60. The fourth-order valence-corrected chi connectivity index (χ4v) is 1.40. The monoisotopic (exact) mass is 225 g/mol. The second-order valence-electron chi connectivity index (χ2n) is 3.81. The number of nitrogens with two attached hydrogens (primary N) is 1. The lowest BCUT2D eigenvalue weighted by molar-refractivity contribution is -0.143. The largest absolute Gasteiger partial charge is 0.504 e. The summed E-state index contributed by atoms with van der Waals surface area (Å²) in [4.78, 5) is 11.0. The molecule has 0 heterocycles. The average Bonchev–Trinajstić information content (AvgIpc) is 2.23. The van der Waals surface area contributed by atoms with Crippen LogP contribution in [0.4, 0.5) is 0 Å². The average molecular weight is 225 g/mol. The lowest BCUT2D eigenvalue weighted by atomic mass is 9.89. The predicted octanol–water partition coefficient (Wildman–Crippen LogP) is 0.832. The van der Waals surface area contributed by atoms with Gasteiger partial charge in [0, 0.05) is 6.42 Å². The molecule has 5 N–H and O–H groups in total. The number of hydrogen-bond donors (Lipinski definition) is 4. The third kappa shape index (κ3) is 2.43. The first-order valence-corrected chi connectivity index (χ1v) is 4.92. The molecule has 0 aliphatic rings. The molecule has 0 fully saturated rings. The normalized spacial score (nSPS) is 14.4. The minimum absolute atomic E-state index is 0.104. The lowest BCUT2D eigenvalue weighted by Gasteiger charge is -2.22. The molecular formula is C11H15NO4. The van der Waals surface area contributed by atoms with Crippen molar-refractivity contribution in [3.8, 4) is 11.5 Å². The number of aliphatic carboxylic acids is 1. The third-order valence-electron chi connectivity index (χ3n) is 2.62. The quantitative estimate of drug-likeness (QED) is 0.568. The zero-order chi connectivity index (χ0) is 12.3. The molecule has 0 radical (unpaired) electrons. The molecule has 1 aromatic carbocycles. The molecule has 88 valence electrons. The van der Waals surface area contributed by atoms with Crippen LogP contribution in [0.1, 0.15) is 18.9 Å². The number of phenolic OH excluding ortho intramolecular Hbond substituents is 2. The summed E-state index contributed by atoms with van der Waals surface area (Å²) in [7, 11) is 0. The van der Waals surface area contributed by atoms with Crippen LogP contribution in [0.25, 0.3) is 0 Å². The first kappa shape index (κ1) is 12.3. The van der Waals surface area contributed by atoms with Crippen LogP contribution in [0.5, 0.6) is 11.5 Å². The first-order chi connectivity index (χ1) is 7.39. The standard InChI is InChI=1S/C11H15NO4/c1-2-11(12,10(15)16)6-7-3-4-8(13)9(14)5-7/h3-5,13-14H,2,6,12H2,1H3,(H,15,16)/t11-/m0/s1. The van der Waals surface area contributed by atoms with Gasteiger partial charge in [-0.1, -0.05) is 13.0 Å². The highest BCUT2D eigenvalue weighted by Gasteiger charge is 2.32. The Labute approximate surface area is 93.1 Å². The summed E-state index contributed by atoms with van der Waals surface area (Å²) in [6.45, 7) is 1.69. The molecule has 1 atom stereocenters. The van der Waals surface area contributed by atoms with Crippen molar-refractivity contribution >= 4 is 5.97 Å². The molecule has 0 aliphatic heterocycles. The van der Waals surface area contributed by atoms with Crippen molar-refractivity contribution in [1.82, 2.24) is 0 Å². The Balaban J connectivity index is 2.95. The second-order valence-corrected chi connectivity index (χ2v) is 3.81. The third-order valence-corrected chi connectivity index (χ3v) is 2.62. The summed E-state index contributed by atoms with van der Waals surface area (Å²) in [6, 6.07) is 4.16. The van der Waals surface area contributed by atoms with E-state index < -0.39 is 11.5 Å². The van der Waals surface area contributed by atoms with Crippen LogP contribution in [-0.2, 0) is 11.2 Å². The van der Waals surface area contributed by atoms with E-state index in [9.17, 15) is 9.90 Å². The Kier molecular flexibility index (Phi) is 3.39. The van der Waals surface area contributed by atoms with Gasteiger partial charge in [0.15, 0.2) is 11.5 Å². The lowest BCUT2D eigenvalue weighted by Crippen LogP contribution is -2.49. The number of carboxylic acids is 1. The molecule has 0 aromatic heterocycles. The van der Waals surface area contributed by atoms with Crippen molar-refractivity contribution < 1.29 is 20.1 Å². The minimum Gasteiger partial charge on any atom is -0.504 e. The number of benzene rings is 1. The molecule has 0 unspecified atom stereocenters. The van der Waals surface area contributed by atoms with E-state index in [1.165, 1.54) is 18.2 Å². The van der Waals surface area contributed by atoms with Crippen molar-refractivity contribution in [2.24, 2.45) is 5.73 Å². The highest BCUT2D eigenvalue weighted by Crippen LogP contribution is 2.27. The minimum atomic E-state index is -1.34. The van der Waals surface area contributed by atoms with E-state index in [-0.39, 0.29) is 24.3 Å². The maximum atomic E-state index is 11.0. The summed E-state index contributed by atoms with van der Waals surface area (Å²) in [6.07, 6.45) is 0.386. The maximum Gasteiger partial charge on any atom is 0.324 e.